The summed E-state index contributed by atoms with van der Waals surface area (Å²) in [7, 11) is 0. The molecule has 0 aromatic carbocycles. The summed E-state index contributed by atoms with van der Waals surface area (Å²) < 4.78 is 0. The van der Waals surface area contributed by atoms with Gasteiger partial charge in [0.1, 0.15) is 24.1 Å². The molecule has 4 aliphatic rings. The fraction of sp³-hybridized carbons (Fsp3) is 0.800. The molecule has 4 heteroatoms. The smallest absolute Gasteiger partial charge is 0.148 e. The fourth-order valence-electron chi connectivity index (χ4n) is 4.49. The summed E-state index contributed by atoms with van der Waals surface area (Å²) in [6, 6.07) is 0. The number of carbonyl (C=O) groups is 1. The van der Waals surface area contributed by atoms with E-state index < -0.39 is 11.7 Å². The molecule has 19 heavy (non-hydrogen) atoms. The van der Waals surface area contributed by atoms with Crippen molar-refractivity contribution in [2.24, 2.45) is 17.3 Å². The van der Waals surface area contributed by atoms with Crippen molar-refractivity contribution < 1.29 is 19.7 Å². The molecule has 0 aromatic rings. The van der Waals surface area contributed by atoms with E-state index in [9.17, 15) is 9.90 Å². The minimum absolute atomic E-state index is 0.133. The maximum absolute atomic E-state index is 11.2. The van der Waals surface area contributed by atoms with Gasteiger partial charge in [0.2, 0.25) is 0 Å². The molecule has 5 atom stereocenters. The second-order valence-electron chi connectivity index (χ2n) is 6.84. The summed E-state index contributed by atoms with van der Waals surface area (Å²) >= 11 is 0. The summed E-state index contributed by atoms with van der Waals surface area (Å²) in [5.41, 5.74) is -0.323. The van der Waals surface area contributed by atoms with Gasteiger partial charge in [0, 0.05) is 11.0 Å². The van der Waals surface area contributed by atoms with Crippen LogP contribution in [0.2, 0.25) is 0 Å². The van der Waals surface area contributed by atoms with Gasteiger partial charge in [-0.25, -0.2) is 9.78 Å². The van der Waals surface area contributed by atoms with Crippen LogP contribution in [0.25, 0.3) is 0 Å². The highest BCUT2D eigenvalue weighted by Gasteiger charge is 2.67. The standard InChI is InChI=1S/C15H22O4/c1-9(2)11-4-5-14(3)7-12-10(8-16)6-13(17)15(11,14)19-18-12/h6,8-9,11-13,17H,4-5,7H2,1-3H3/t11-,12+,13?,14-,15+/m1/s1. The number of aldehydes is 1. The first-order valence-electron chi connectivity index (χ1n) is 7.14. The minimum atomic E-state index is -0.778. The molecule has 1 saturated carbocycles. The maximum Gasteiger partial charge on any atom is 0.148 e. The van der Waals surface area contributed by atoms with E-state index in [0.717, 1.165) is 25.5 Å². The largest absolute Gasteiger partial charge is 0.386 e. The predicted molar refractivity (Wildman–Crippen MR) is 69.1 cm³/mol. The Hall–Kier alpha value is -0.710. The Morgan fingerprint density at radius 2 is 2.26 bits per heavy atom. The summed E-state index contributed by atoms with van der Waals surface area (Å²) in [4.78, 5) is 22.4. The van der Waals surface area contributed by atoms with Crippen LogP contribution in [0.4, 0.5) is 0 Å². The third-order valence-corrected chi connectivity index (χ3v) is 5.54. The van der Waals surface area contributed by atoms with Crippen LogP contribution in [0.5, 0.6) is 0 Å². The topological polar surface area (TPSA) is 55.8 Å². The Labute approximate surface area is 113 Å². The van der Waals surface area contributed by atoms with E-state index in [1.165, 1.54) is 0 Å². The number of aliphatic hydroxyl groups is 1. The minimum Gasteiger partial charge on any atom is -0.386 e. The molecule has 106 valence electrons. The molecule has 4 nitrogen and oxygen atoms in total. The molecule has 0 radical (unpaired) electrons. The van der Waals surface area contributed by atoms with Crippen molar-refractivity contribution in [1.82, 2.24) is 0 Å². The monoisotopic (exact) mass is 266 g/mol. The molecule has 1 N–H and O–H groups in total. The Balaban J connectivity index is 2.12. The number of fused-ring (bicyclic) bond motifs is 2. The zero-order chi connectivity index (χ0) is 13.8. The lowest BCUT2D eigenvalue weighted by atomic mass is 9.65. The molecule has 2 aliphatic carbocycles. The first kappa shape index (κ1) is 13.3. The summed E-state index contributed by atoms with van der Waals surface area (Å²) in [6.07, 6.45) is 4.11. The molecule has 4 rings (SSSR count). The van der Waals surface area contributed by atoms with Gasteiger partial charge in [0.15, 0.2) is 0 Å². The van der Waals surface area contributed by atoms with Gasteiger partial charge in [0.05, 0.1) is 0 Å². The molecule has 2 heterocycles. The Morgan fingerprint density at radius 3 is 2.89 bits per heavy atom. The van der Waals surface area contributed by atoms with E-state index in [1.807, 2.05) is 0 Å². The quantitative estimate of drug-likeness (QED) is 0.613. The van der Waals surface area contributed by atoms with E-state index >= 15 is 0 Å². The number of rotatable bonds is 2. The molecule has 1 spiro atoms. The lowest BCUT2D eigenvalue weighted by Gasteiger charge is -2.51. The second-order valence-corrected chi connectivity index (χ2v) is 6.84. The maximum atomic E-state index is 11.2. The highest BCUT2D eigenvalue weighted by Crippen LogP contribution is 2.62. The molecular weight excluding hydrogens is 244 g/mol. The summed E-state index contributed by atoms with van der Waals surface area (Å²) in [6.45, 7) is 6.47. The first-order valence-corrected chi connectivity index (χ1v) is 7.14. The van der Waals surface area contributed by atoms with Crippen LogP contribution in [0.15, 0.2) is 11.6 Å². The van der Waals surface area contributed by atoms with Crippen molar-refractivity contribution in [2.75, 3.05) is 0 Å². The Bertz CT molecular complexity index is 430. The molecule has 1 unspecified atom stereocenters. The summed E-state index contributed by atoms with van der Waals surface area (Å²) in [5.74, 6) is 0.651. The molecule has 2 aliphatic heterocycles. The van der Waals surface area contributed by atoms with E-state index in [0.29, 0.717) is 11.5 Å². The van der Waals surface area contributed by atoms with Gasteiger partial charge in [-0.2, -0.15) is 0 Å². The molecule has 0 amide bonds. The first-order chi connectivity index (χ1) is 8.94. The molecular formula is C15H22O4. The van der Waals surface area contributed by atoms with Crippen molar-refractivity contribution >= 4 is 6.29 Å². The van der Waals surface area contributed by atoms with Crippen molar-refractivity contribution in [1.29, 1.82) is 0 Å². The molecule has 1 saturated heterocycles. The molecule has 0 aromatic heterocycles. The zero-order valence-corrected chi connectivity index (χ0v) is 11.8. The molecule has 2 fully saturated rings. The van der Waals surface area contributed by atoms with Gasteiger partial charge in [0.25, 0.3) is 0 Å². The average molecular weight is 266 g/mol. The number of hydrogen-bond donors (Lipinski definition) is 1. The van der Waals surface area contributed by atoms with Gasteiger partial charge in [-0.05, 0) is 37.2 Å². The van der Waals surface area contributed by atoms with Crippen molar-refractivity contribution in [3.63, 3.8) is 0 Å². The van der Waals surface area contributed by atoms with Crippen LogP contribution in [-0.2, 0) is 14.6 Å². The normalized spacial score (nSPS) is 48.9. The number of aliphatic hydroxyl groups excluding tert-OH is 1. The third kappa shape index (κ3) is 1.54. The van der Waals surface area contributed by atoms with Gasteiger partial charge in [-0.3, -0.25) is 4.79 Å². The van der Waals surface area contributed by atoms with Crippen LogP contribution in [-0.4, -0.2) is 29.2 Å². The predicted octanol–water partition coefficient (Wildman–Crippen LogP) is 2.02. The summed E-state index contributed by atoms with van der Waals surface area (Å²) in [5, 5.41) is 10.7. The van der Waals surface area contributed by atoms with E-state index in [1.54, 1.807) is 6.08 Å². The van der Waals surface area contributed by atoms with Crippen molar-refractivity contribution in [3.05, 3.63) is 11.6 Å². The lowest BCUT2D eigenvalue weighted by molar-refractivity contribution is -0.445. The second kappa shape index (κ2) is 4.14. The SMILES string of the molecule is CC(C)[C@H]1CC[C@]2(C)C[C@@H]3OO[C@]12C(O)C=C3C=O. The number of hydrogen-bond acceptors (Lipinski definition) is 4. The van der Waals surface area contributed by atoms with Crippen molar-refractivity contribution in [3.8, 4) is 0 Å². The van der Waals surface area contributed by atoms with Crippen molar-refractivity contribution in [2.45, 2.75) is 57.8 Å². The van der Waals surface area contributed by atoms with Crippen LogP contribution in [0.3, 0.4) is 0 Å². The van der Waals surface area contributed by atoms with Gasteiger partial charge in [-0.15, -0.1) is 0 Å². The van der Waals surface area contributed by atoms with Crippen LogP contribution < -0.4 is 0 Å². The highest BCUT2D eigenvalue weighted by atomic mass is 17.2. The third-order valence-electron chi connectivity index (χ3n) is 5.54. The van der Waals surface area contributed by atoms with Crippen LogP contribution in [0, 0.1) is 17.3 Å². The highest BCUT2D eigenvalue weighted by molar-refractivity contribution is 5.75. The van der Waals surface area contributed by atoms with Crippen LogP contribution in [0.1, 0.15) is 40.0 Å². The van der Waals surface area contributed by atoms with Gasteiger partial charge >= 0.3 is 0 Å². The zero-order valence-electron chi connectivity index (χ0n) is 11.8. The molecule has 2 bridgehead atoms. The Kier molecular flexibility index (Phi) is 2.89. The van der Waals surface area contributed by atoms with E-state index in [2.05, 4.69) is 20.8 Å². The Morgan fingerprint density at radius 1 is 1.53 bits per heavy atom. The average Bonchev–Trinajstić information content (AvgIpc) is 2.57. The number of carbonyl (C=O) groups excluding carboxylic acids is 1. The lowest BCUT2D eigenvalue weighted by Crippen LogP contribution is -2.60. The van der Waals surface area contributed by atoms with Gasteiger partial charge in [-0.1, -0.05) is 20.8 Å². The fourth-order valence-corrected chi connectivity index (χ4v) is 4.49. The van der Waals surface area contributed by atoms with E-state index in [4.69, 9.17) is 9.78 Å². The van der Waals surface area contributed by atoms with Crippen LogP contribution >= 0.6 is 0 Å². The van der Waals surface area contributed by atoms with Gasteiger partial charge < -0.3 is 5.11 Å². The van der Waals surface area contributed by atoms with E-state index in [-0.39, 0.29) is 17.4 Å².